The van der Waals surface area contributed by atoms with Crippen LogP contribution in [0.4, 0.5) is 24.5 Å². The first-order chi connectivity index (χ1) is 8.83. The molecular weight excluding hydrogens is 265 g/mol. The molecule has 0 fully saturated rings. The van der Waals surface area contributed by atoms with E-state index in [0.29, 0.717) is 6.42 Å². The molecule has 0 spiro atoms. The Kier molecular flexibility index (Phi) is 4.96. The van der Waals surface area contributed by atoms with Crippen molar-refractivity contribution in [3.8, 4) is 5.75 Å². The fraction of sp³-hybridized carbons (Fsp3) is 0.455. The fourth-order valence-electron chi connectivity index (χ4n) is 1.30. The van der Waals surface area contributed by atoms with Crippen LogP contribution in [0, 0.1) is 10.1 Å². The number of anilines is 1. The Morgan fingerprint density at radius 2 is 2.11 bits per heavy atom. The summed E-state index contributed by atoms with van der Waals surface area (Å²) < 4.78 is 41.3. The third kappa shape index (κ3) is 5.02. The number of hydrogen-bond donors (Lipinski definition) is 1. The fourth-order valence-corrected chi connectivity index (χ4v) is 1.30. The van der Waals surface area contributed by atoms with E-state index in [1.807, 2.05) is 6.92 Å². The average molecular weight is 278 g/mol. The van der Waals surface area contributed by atoms with E-state index in [0.717, 1.165) is 6.07 Å². The second-order valence-electron chi connectivity index (χ2n) is 3.76. The first-order valence-electron chi connectivity index (χ1n) is 5.55. The van der Waals surface area contributed by atoms with Gasteiger partial charge in [-0.1, -0.05) is 6.92 Å². The molecule has 0 radical (unpaired) electrons. The second-order valence-corrected chi connectivity index (χ2v) is 3.76. The molecular formula is C11H13F3N2O3. The largest absolute Gasteiger partial charge is 0.487 e. The second kappa shape index (κ2) is 6.26. The van der Waals surface area contributed by atoms with E-state index >= 15 is 0 Å². The van der Waals surface area contributed by atoms with Gasteiger partial charge in [-0.25, -0.2) is 0 Å². The Bertz CT molecular complexity index is 449. The van der Waals surface area contributed by atoms with Crippen molar-refractivity contribution < 1.29 is 22.8 Å². The number of alkyl halides is 3. The number of ether oxygens (including phenoxy) is 1. The lowest BCUT2D eigenvalue weighted by Crippen LogP contribution is -2.21. The molecule has 0 saturated carbocycles. The summed E-state index contributed by atoms with van der Waals surface area (Å²) in [5.41, 5.74) is -0.153. The van der Waals surface area contributed by atoms with E-state index in [1.54, 1.807) is 0 Å². The number of nitro groups is 1. The molecule has 8 heteroatoms. The van der Waals surface area contributed by atoms with Crippen LogP contribution in [0.15, 0.2) is 18.2 Å². The van der Waals surface area contributed by atoms with Crippen molar-refractivity contribution in [3.05, 3.63) is 28.3 Å². The first-order valence-corrected chi connectivity index (χ1v) is 5.55. The predicted octanol–water partition coefficient (Wildman–Crippen LogP) is 3.36. The summed E-state index contributed by atoms with van der Waals surface area (Å²) in [4.78, 5) is 10.1. The van der Waals surface area contributed by atoms with Crippen LogP contribution in [0.25, 0.3) is 0 Å². The minimum Gasteiger partial charge on any atom is -0.487 e. The summed E-state index contributed by atoms with van der Waals surface area (Å²) in [5.74, 6) is -0.0426. The number of nitro benzene ring substituents is 1. The van der Waals surface area contributed by atoms with Gasteiger partial charge in [0.15, 0.2) is 5.75 Å². The number of hydrogen-bond acceptors (Lipinski definition) is 4. The number of nitrogens with zero attached hydrogens (tertiary/aromatic N) is 1. The van der Waals surface area contributed by atoms with Gasteiger partial charge in [-0.15, -0.1) is 0 Å². The molecule has 0 heterocycles. The zero-order valence-electron chi connectivity index (χ0n) is 10.2. The van der Waals surface area contributed by atoms with Crippen molar-refractivity contribution in [2.24, 2.45) is 0 Å². The van der Waals surface area contributed by atoms with Crippen LogP contribution in [0.3, 0.4) is 0 Å². The third-order valence-corrected chi connectivity index (χ3v) is 2.11. The normalized spacial score (nSPS) is 11.2. The highest BCUT2D eigenvalue weighted by molar-refractivity contribution is 5.58. The molecule has 0 unspecified atom stereocenters. The Morgan fingerprint density at radius 3 is 2.63 bits per heavy atom. The molecule has 0 saturated heterocycles. The lowest BCUT2D eigenvalue weighted by molar-refractivity contribution is -0.385. The molecule has 0 aliphatic rings. The van der Waals surface area contributed by atoms with Gasteiger partial charge in [0, 0.05) is 17.8 Å². The minimum atomic E-state index is -4.35. The zero-order valence-corrected chi connectivity index (χ0v) is 10.2. The SMILES string of the molecule is CCCOc1cc(NCC(F)(F)F)ccc1[N+](=O)[O-]. The Hall–Kier alpha value is -1.99. The molecule has 5 nitrogen and oxygen atoms in total. The highest BCUT2D eigenvalue weighted by Crippen LogP contribution is 2.30. The number of nitrogens with one attached hydrogen (secondary N) is 1. The Labute approximate surface area is 107 Å². The van der Waals surface area contributed by atoms with E-state index in [4.69, 9.17) is 4.74 Å². The summed E-state index contributed by atoms with van der Waals surface area (Å²) in [6, 6.07) is 3.52. The number of benzene rings is 1. The molecule has 1 rings (SSSR count). The van der Waals surface area contributed by atoms with Gasteiger partial charge in [-0.2, -0.15) is 13.2 Å². The van der Waals surface area contributed by atoms with Crippen LogP contribution in [0.5, 0.6) is 5.75 Å². The smallest absolute Gasteiger partial charge is 0.405 e. The van der Waals surface area contributed by atoms with Crippen LogP contribution in [-0.4, -0.2) is 24.3 Å². The van der Waals surface area contributed by atoms with Crippen molar-refractivity contribution in [2.75, 3.05) is 18.5 Å². The molecule has 19 heavy (non-hydrogen) atoms. The molecule has 0 bridgehead atoms. The van der Waals surface area contributed by atoms with E-state index in [2.05, 4.69) is 5.32 Å². The van der Waals surface area contributed by atoms with E-state index in [-0.39, 0.29) is 23.7 Å². The van der Waals surface area contributed by atoms with Gasteiger partial charge in [0.05, 0.1) is 11.5 Å². The van der Waals surface area contributed by atoms with Crippen molar-refractivity contribution in [2.45, 2.75) is 19.5 Å². The van der Waals surface area contributed by atoms with Gasteiger partial charge in [0.25, 0.3) is 0 Å². The lowest BCUT2D eigenvalue weighted by Gasteiger charge is -2.11. The van der Waals surface area contributed by atoms with Gasteiger partial charge in [-0.05, 0) is 12.5 Å². The maximum absolute atomic E-state index is 12.1. The summed E-state index contributed by atoms with van der Waals surface area (Å²) in [6.07, 6.45) is -3.72. The number of halogens is 3. The summed E-state index contributed by atoms with van der Waals surface area (Å²) in [6.45, 7) is 0.860. The average Bonchev–Trinajstić information content (AvgIpc) is 2.32. The molecule has 0 atom stereocenters. The molecule has 0 amide bonds. The van der Waals surface area contributed by atoms with Crippen molar-refractivity contribution in [1.82, 2.24) is 0 Å². The molecule has 0 aliphatic carbocycles. The van der Waals surface area contributed by atoms with Gasteiger partial charge in [-0.3, -0.25) is 10.1 Å². The lowest BCUT2D eigenvalue weighted by atomic mass is 10.2. The molecule has 1 aromatic rings. The van der Waals surface area contributed by atoms with Gasteiger partial charge < -0.3 is 10.1 Å². The van der Waals surface area contributed by atoms with Crippen LogP contribution in [0.1, 0.15) is 13.3 Å². The highest BCUT2D eigenvalue weighted by atomic mass is 19.4. The quantitative estimate of drug-likeness (QED) is 0.640. The molecule has 1 N–H and O–H groups in total. The van der Waals surface area contributed by atoms with Crippen LogP contribution >= 0.6 is 0 Å². The summed E-state index contributed by atoms with van der Waals surface area (Å²) in [7, 11) is 0. The molecule has 0 aromatic heterocycles. The van der Waals surface area contributed by atoms with Crippen LogP contribution < -0.4 is 10.1 Å². The third-order valence-electron chi connectivity index (χ3n) is 2.11. The van der Waals surface area contributed by atoms with Crippen LogP contribution in [0.2, 0.25) is 0 Å². The standard InChI is InChI=1S/C11H13F3N2O3/c1-2-5-19-10-6-8(15-7-11(12,13)14)3-4-9(10)16(17)18/h3-4,6,15H,2,5,7H2,1H3. The topological polar surface area (TPSA) is 64.4 Å². The first kappa shape index (κ1) is 15.1. The minimum absolute atomic E-state index is 0.0426. The van der Waals surface area contributed by atoms with Gasteiger partial charge in [0.1, 0.15) is 6.54 Å². The van der Waals surface area contributed by atoms with Gasteiger partial charge in [0.2, 0.25) is 0 Å². The Morgan fingerprint density at radius 1 is 1.42 bits per heavy atom. The van der Waals surface area contributed by atoms with Crippen molar-refractivity contribution >= 4 is 11.4 Å². The predicted molar refractivity (Wildman–Crippen MR) is 63.4 cm³/mol. The van der Waals surface area contributed by atoms with E-state index < -0.39 is 17.6 Å². The van der Waals surface area contributed by atoms with E-state index in [1.165, 1.54) is 12.1 Å². The molecule has 0 aliphatic heterocycles. The molecule has 1 aromatic carbocycles. The maximum atomic E-state index is 12.1. The number of rotatable bonds is 6. The maximum Gasteiger partial charge on any atom is 0.405 e. The summed E-state index contributed by atoms with van der Waals surface area (Å²) >= 11 is 0. The zero-order chi connectivity index (χ0) is 14.5. The van der Waals surface area contributed by atoms with Crippen LogP contribution in [-0.2, 0) is 0 Å². The van der Waals surface area contributed by atoms with Gasteiger partial charge >= 0.3 is 11.9 Å². The highest BCUT2D eigenvalue weighted by Gasteiger charge is 2.27. The van der Waals surface area contributed by atoms with E-state index in [9.17, 15) is 23.3 Å². The van der Waals surface area contributed by atoms with Crippen molar-refractivity contribution in [1.29, 1.82) is 0 Å². The molecule has 106 valence electrons. The monoisotopic (exact) mass is 278 g/mol. The van der Waals surface area contributed by atoms with Crippen molar-refractivity contribution in [3.63, 3.8) is 0 Å². The Balaban J connectivity index is 2.88. The summed E-state index contributed by atoms with van der Waals surface area (Å²) in [5, 5.41) is 12.9.